The minimum atomic E-state index is -0.897. The van der Waals surface area contributed by atoms with Gasteiger partial charge in [-0.25, -0.2) is 0 Å². The highest BCUT2D eigenvalue weighted by Gasteiger charge is 2.56. The van der Waals surface area contributed by atoms with Crippen LogP contribution in [0.5, 0.6) is 11.5 Å². The molecule has 23 rings (SSSR count). The smallest absolute Gasteiger partial charge is 0.256 e. The van der Waals surface area contributed by atoms with E-state index in [9.17, 15) is 0 Å². The molecule has 0 aromatic heterocycles. The lowest BCUT2D eigenvalue weighted by molar-refractivity contribution is 0.487. The van der Waals surface area contributed by atoms with E-state index in [0.717, 1.165) is 136 Å². The lowest BCUT2D eigenvalue weighted by Crippen LogP contribution is -2.62. The second-order valence-electron chi connectivity index (χ2n) is 29.8. The van der Waals surface area contributed by atoms with Crippen LogP contribution in [0.25, 0.3) is 22.3 Å². The van der Waals surface area contributed by atoms with Crippen molar-refractivity contribution in [1.82, 2.24) is 0 Å². The second-order valence-corrected chi connectivity index (χ2v) is 29.8. The van der Waals surface area contributed by atoms with Gasteiger partial charge in [-0.3, -0.25) is 0 Å². The molecule has 5 heterocycles. The molecule has 0 bridgehead atoms. The molecule has 1 aliphatic carbocycles. The molecule has 0 saturated carbocycles. The van der Waals surface area contributed by atoms with Gasteiger partial charge < -0.3 is 34.1 Å². The predicted octanol–water partition coefficient (Wildman–Crippen LogP) is 22.9. The molecule has 0 amide bonds. The molecule has 9 heteroatoms. The average Bonchev–Trinajstić information content (AvgIpc) is 1.28. The topological polar surface area (TPSA) is 28.7 Å². The molecule has 0 radical (unpaired) electrons. The van der Waals surface area contributed by atoms with Crippen molar-refractivity contribution in [2.75, 3.05) is 29.4 Å². The third-order valence-electron chi connectivity index (χ3n) is 23.9. The van der Waals surface area contributed by atoms with Crippen molar-refractivity contribution in [3.63, 3.8) is 0 Å². The molecule has 522 valence electrons. The number of rotatable bonds is 11. The molecule has 5 aliphatic heterocycles. The van der Waals surface area contributed by atoms with E-state index in [-0.39, 0.29) is 13.4 Å². The average molecular weight is 1430 g/mol. The predicted molar refractivity (Wildman–Crippen MR) is 467 cm³/mol. The van der Waals surface area contributed by atoms with E-state index in [4.69, 9.17) is 4.74 Å². The van der Waals surface area contributed by atoms with E-state index in [1.165, 1.54) is 55.2 Å². The summed E-state index contributed by atoms with van der Waals surface area (Å²) in [6.07, 6.45) is 0. The highest BCUT2D eigenvalue weighted by molar-refractivity contribution is 7.01. The lowest BCUT2D eigenvalue weighted by atomic mass is 9.33. The molecular weight excluding hydrogens is 1360 g/mol. The van der Waals surface area contributed by atoms with Gasteiger partial charge in [0.1, 0.15) is 11.5 Å². The van der Waals surface area contributed by atoms with Crippen molar-refractivity contribution >= 4 is 149 Å². The molecule has 6 aliphatic rings. The van der Waals surface area contributed by atoms with Crippen LogP contribution < -0.4 is 66.9 Å². The van der Waals surface area contributed by atoms with Crippen molar-refractivity contribution in [2.45, 2.75) is 5.41 Å². The summed E-state index contributed by atoms with van der Waals surface area (Å²) in [7, 11) is 0. The van der Waals surface area contributed by atoms with Gasteiger partial charge in [0.2, 0.25) is 0 Å². The van der Waals surface area contributed by atoms with Crippen LogP contribution in [0.15, 0.2) is 413 Å². The first-order valence-corrected chi connectivity index (χ1v) is 38.7. The van der Waals surface area contributed by atoms with Crippen LogP contribution in [0.3, 0.4) is 0 Å². The zero-order valence-corrected chi connectivity index (χ0v) is 61.0. The van der Waals surface area contributed by atoms with Crippen molar-refractivity contribution in [3.05, 3.63) is 435 Å². The van der Waals surface area contributed by atoms with E-state index >= 15 is 0 Å². The highest BCUT2D eigenvalue weighted by Crippen LogP contribution is 2.65. The van der Waals surface area contributed by atoms with Crippen molar-refractivity contribution in [1.29, 1.82) is 0 Å². The first-order valence-electron chi connectivity index (χ1n) is 38.7. The van der Waals surface area contributed by atoms with Crippen molar-refractivity contribution in [2.24, 2.45) is 0 Å². The van der Waals surface area contributed by atoms with E-state index in [2.05, 4.69) is 442 Å². The molecule has 17 aromatic rings. The number of hydrogen-bond acceptors (Lipinski definition) is 7. The maximum Gasteiger partial charge on any atom is 0.256 e. The normalized spacial score (nSPS) is 13.6. The Morgan fingerprint density at radius 2 is 0.589 bits per heavy atom. The summed E-state index contributed by atoms with van der Waals surface area (Å²) >= 11 is 0. The van der Waals surface area contributed by atoms with Gasteiger partial charge in [-0.15, -0.1) is 0 Å². The fraction of sp³-hybridized carbons (Fsp3) is 0.00971. The Hall–Kier alpha value is -14.5. The Bertz CT molecular complexity index is 6510. The number of anilines is 18. The summed E-state index contributed by atoms with van der Waals surface area (Å²) in [5.41, 5.74) is 35.1. The van der Waals surface area contributed by atoms with Gasteiger partial charge in [0.25, 0.3) is 13.4 Å². The summed E-state index contributed by atoms with van der Waals surface area (Å²) in [6.45, 7) is -0.505. The number of para-hydroxylation sites is 10. The van der Waals surface area contributed by atoms with E-state index in [0.29, 0.717) is 0 Å². The first-order chi connectivity index (χ1) is 55.6. The van der Waals surface area contributed by atoms with Crippen LogP contribution >= 0.6 is 0 Å². The third-order valence-corrected chi connectivity index (χ3v) is 23.9. The van der Waals surface area contributed by atoms with Gasteiger partial charge in [0.05, 0.1) is 33.9 Å². The SMILES string of the molecule is c1ccc(-c2ccccc2N(c2ccccc2)c2cc3c4c(c2)N(c2ccccc2)c2cc5c(cc2B4c2ccccc2O3)C2(c3ccccc3-c3ccccc32)c2cc3c(cc2N5c2ccccc2)N(c2ccccc2)c2cc(N(c4ccccc4)c4ccccc4)cc4c2B3c2ccccc2N4c2ccccc2)cc1. The molecule has 1 spiro atoms. The second kappa shape index (κ2) is 25.3. The van der Waals surface area contributed by atoms with Crippen molar-refractivity contribution in [3.8, 4) is 33.8 Å². The Morgan fingerprint density at radius 1 is 0.223 bits per heavy atom. The van der Waals surface area contributed by atoms with Crippen LogP contribution in [-0.2, 0) is 5.41 Å². The summed E-state index contributed by atoms with van der Waals surface area (Å²) < 4.78 is 7.52. The molecule has 7 nitrogen and oxygen atoms in total. The maximum atomic E-state index is 7.52. The van der Waals surface area contributed by atoms with Crippen LogP contribution in [0, 0.1) is 0 Å². The molecule has 0 N–H and O–H groups in total. The van der Waals surface area contributed by atoms with Crippen LogP contribution in [0.2, 0.25) is 0 Å². The molecule has 0 saturated heterocycles. The molecule has 17 aromatic carbocycles. The highest BCUT2D eigenvalue weighted by atomic mass is 16.5. The van der Waals surface area contributed by atoms with E-state index in [1.807, 2.05) is 0 Å². The van der Waals surface area contributed by atoms with E-state index < -0.39 is 5.41 Å². The fourth-order valence-corrected chi connectivity index (χ4v) is 19.6. The van der Waals surface area contributed by atoms with Crippen LogP contribution in [0.4, 0.5) is 102 Å². The lowest BCUT2D eigenvalue weighted by Gasteiger charge is -2.49. The molecule has 0 atom stereocenters. The van der Waals surface area contributed by atoms with Crippen molar-refractivity contribution < 1.29 is 4.74 Å². The monoisotopic (exact) mass is 1430 g/mol. The molecule has 0 unspecified atom stereocenters. The largest absolute Gasteiger partial charge is 0.458 e. The molecular formula is C103H68B2N6O. The van der Waals surface area contributed by atoms with Gasteiger partial charge >= 0.3 is 0 Å². The van der Waals surface area contributed by atoms with Gasteiger partial charge in [0.15, 0.2) is 0 Å². The summed E-state index contributed by atoms with van der Waals surface area (Å²) in [5, 5.41) is 0. The number of hydrogen-bond donors (Lipinski definition) is 0. The number of fused-ring (bicyclic) bond motifs is 17. The molecule has 0 fully saturated rings. The first kappa shape index (κ1) is 63.6. The van der Waals surface area contributed by atoms with Crippen LogP contribution in [0.1, 0.15) is 22.3 Å². The third kappa shape index (κ3) is 9.44. The zero-order valence-electron chi connectivity index (χ0n) is 61.0. The summed E-state index contributed by atoms with van der Waals surface area (Å²) in [5.74, 6) is 1.65. The Balaban J connectivity index is 0.839. The Labute approximate surface area is 652 Å². The quantitative estimate of drug-likeness (QED) is 0.119. The van der Waals surface area contributed by atoms with E-state index in [1.54, 1.807) is 0 Å². The fourth-order valence-electron chi connectivity index (χ4n) is 19.6. The summed E-state index contributed by atoms with van der Waals surface area (Å²) in [6, 6.07) is 153. The molecule has 112 heavy (non-hydrogen) atoms. The van der Waals surface area contributed by atoms with Gasteiger partial charge in [-0.1, -0.05) is 273 Å². The number of nitrogens with zero attached hydrogens (tertiary/aromatic N) is 6. The Kier molecular flexibility index (Phi) is 14.3. The summed E-state index contributed by atoms with van der Waals surface area (Å²) in [4.78, 5) is 15.1. The minimum Gasteiger partial charge on any atom is -0.458 e. The number of ether oxygens (including phenoxy) is 1. The van der Waals surface area contributed by atoms with Gasteiger partial charge in [-0.05, 0) is 205 Å². The van der Waals surface area contributed by atoms with Gasteiger partial charge in [-0.2, -0.15) is 0 Å². The van der Waals surface area contributed by atoms with Crippen LogP contribution in [-0.4, -0.2) is 13.4 Å². The van der Waals surface area contributed by atoms with Gasteiger partial charge in [0, 0.05) is 85.6 Å². The standard InChI is InChI=1S/C103H68B2N6O/c1-9-35-69(36-10-1)79-51-27-32-58-90(79)107(72-41-15-4-16-42-72)78-63-98-102-100(64-78)112-99-60-34-31-57-87(99)105(102)89-66-85-93(68-95(89)111(98)76-49-23-8-24-50-76)109(74-45-19-6-20-46-74)92-67-94-88(65-84(92)103(85)82-54-28-25-52-80(82)81-53-26-29-55-83(81)103)104-86-56-30-33-59-91(86)108(73-43-17-5-18-44-73)96-61-77(62-97(101(96)104)110(94)75-47-21-7-22-48-75)106(70-37-11-2-12-38-70)71-39-13-3-14-40-71/h1-68H. The zero-order chi connectivity index (χ0) is 73.5. The minimum absolute atomic E-state index is 0.237. The number of benzene rings is 17. The maximum absolute atomic E-state index is 7.52. The Morgan fingerprint density at radius 3 is 1.10 bits per heavy atom.